The third-order valence-electron chi connectivity index (χ3n) is 9.37. The van der Waals surface area contributed by atoms with Crippen LogP contribution in [-0.2, 0) is 5.41 Å². The maximum Gasteiger partial charge on any atom is 0.0725 e. The first-order chi connectivity index (χ1) is 41.9. The van der Waals surface area contributed by atoms with E-state index in [-0.39, 0.29) is 0 Å². The van der Waals surface area contributed by atoms with Crippen LogP contribution in [0.2, 0.25) is 0 Å². The molecule has 0 aliphatic heterocycles. The lowest BCUT2D eigenvalue weighted by Crippen LogP contribution is -2.25. The third-order valence-corrected chi connectivity index (χ3v) is 9.37. The van der Waals surface area contributed by atoms with Gasteiger partial charge in [0, 0.05) is 17.1 Å². The van der Waals surface area contributed by atoms with Gasteiger partial charge in [-0.25, -0.2) is 0 Å². The van der Waals surface area contributed by atoms with Gasteiger partial charge in [0.1, 0.15) is 0 Å². The highest BCUT2D eigenvalue weighted by Crippen LogP contribution is 2.63. The summed E-state index contributed by atoms with van der Waals surface area (Å²) in [5.74, 6) is 0. The van der Waals surface area contributed by atoms with Crippen molar-refractivity contribution < 1.29 is 46.6 Å². The highest BCUT2D eigenvalue weighted by atomic mass is 15.1. The summed E-state index contributed by atoms with van der Waals surface area (Å²) >= 11 is 0. The number of anilines is 3. The lowest BCUT2D eigenvalue weighted by atomic mass is 9.70. The second-order valence-electron chi connectivity index (χ2n) is 12.2. The Balaban J connectivity index is 1.25. The highest BCUT2D eigenvalue weighted by Gasteiger charge is 2.51. The molecule has 0 heterocycles. The molecule has 1 nitrogen and oxygen atoms in total. The molecular formula is C55H37N. The van der Waals surface area contributed by atoms with Crippen molar-refractivity contribution in [1.82, 2.24) is 0 Å². The summed E-state index contributed by atoms with van der Waals surface area (Å²) in [5, 5.41) is 0. The minimum absolute atomic E-state index is 0.392. The van der Waals surface area contributed by atoms with Crippen LogP contribution in [-0.4, -0.2) is 0 Å². The van der Waals surface area contributed by atoms with E-state index in [0.717, 1.165) is 18.2 Å². The van der Waals surface area contributed by atoms with Gasteiger partial charge in [-0.3, -0.25) is 0 Å². The van der Waals surface area contributed by atoms with Crippen molar-refractivity contribution in [3.05, 3.63) is 246 Å². The van der Waals surface area contributed by atoms with Crippen LogP contribution in [0, 0.1) is 0 Å². The van der Waals surface area contributed by atoms with Crippen molar-refractivity contribution >= 4 is 17.1 Å². The molecule has 56 heavy (non-hydrogen) atoms. The van der Waals surface area contributed by atoms with Crippen LogP contribution in [0.3, 0.4) is 0 Å². The van der Waals surface area contributed by atoms with Crippen LogP contribution in [0.4, 0.5) is 17.1 Å². The second kappa shape index (κ2) is 13.0. The summed E-state index contributed by atoms with van der Waals surface area (Å²) in [7, 11) is 0. The molecule has 1 spiro atoms. The topological polar surface area (TPSA) is 3.24 Å². The zero-order valence-corrected chi connectivity index (χ0v) is 28.2. The minimum Gasteiger partial charge on any atom is -0.311 e. The molecule has 0 atom stereocenters. The van der Waals surface area contributed by atoms with Crippen molar-refractivity contribution in [3.63, 3.8) is 0 Å². The normalized spacial score (nSPS) is 21.3. The van der Waals surface area contributed by atoms with Gasteiger partial charge >= 0.3 is 0 Å². The van der Waals surface area contributed by atoms with E-state index in [9.17, 15) is 24.7 Å². The first-order valence-electron chi connectivity index (χ1n) is 33.7. The lowest BCUT2D eigenvalue weighted by molar-refractivity contribution is 0.794. The molecule has 0 aromatic heterocycles. The minimum atomic E-state index is -2.76. The fourth-order valence-corrected chi connectivity index (χ4v) is 7.01. The molecule has 2 aliphatic rings. The Morgan fingerprint density at radius 1 is 0.286 bits per heavy atom. The average Bonchev–Trinajstić information content (AvgIpc) is 1.47. The highest BCUT2D eigenvalue weighted by molar-refractivity contribution is 5.96. The Hall–Kier alpha value is -7.22. The fraction of sp³-hybridized carbons (Fsp3) is 0.0182. The molecule has 1 heteroatoms. The van der Waals surface area contributed by atoms with Crippen LogP contribution in [0.5, 0.6) is 0 Å². The number of hydrogen-bond acceptors (Lipinski definition) is 1. The largest absolute Gasteiger partial charge is 0.311 e. The van der Waals surface area contributed by atoms with E-state index in [1.807, 2.05) is 0 Å². The van der Waals surface area contributed by atoms with Crippen LogP contribution >= 0.6 is 0 Å². The molecule has 0 saturated carbocycles. The van der Waals surface area contributed by atoms with E-state index in [0.29, 0.717) is 4.90 Å². The third kappa shape index (κ3) is 4.95. The molecular weight excluding hydrogens is 675 g/mol. The van der Waals surface area contributed by atoms with E-state index in [2.05, 4.69) is 0 Å². The van der Waals surface area contributed by atoms with E-state index in [1.165, 1.54) is 0 Å². The molecule has 0 saturated heterocycles. The quantitative estimate of drug-likeness (QED) is 0.164. The summed E-state index contributed by atoms with van der Waals surface area (Å²) in [6.07, 6.45) is 0. The fourth-order valence-electron chi connectivity index (χ4n) is 7.01. The molecule has 0 radical (unpaired) electrons. The van der Waals surface area contributed by atoms with Gasteiger partial charge in [-0.1, -0.05) is 181 Å². The number of benzene rings is 9. The maximum absolute atomic E-state index is 10.3. The molecule has 9 aromatic rings. The number of hydrogen-bond donors (Lipinski definition) is 0. The van der Waals surface area contributed by atoms with Crippen molar-refractivity contribution in [3.8, 4) is 55.6 Å². The molecule has 0 fully saturated rings. The van der Waals surface area contributed by atoms with Crippen molar-refractivity contribution in [2.45, 2.75) is 5.41 Å². The van der Waals surface area contributed by atoms with Crippen LogP contribution in [0.1, 0.15) is 68.9 Å². The lowest BCUT2D eigenvalue weighted by Gasteiger charge is -2.30. The van der Waals surface area contributed by atoms with Crippen LogP contribution in [0.15, 0.2) is 224 Å². The maximum atomic E-state index is 10.3. The average molecular weight is 746 g/mol. The molecule has 0 amide bonds. The first kappa shape index (κ1) is 12.9. The van der Waals surface area contributed by atoms with Gasteiger partial charge in [0.25, 0.3) is 0 Å². The molecule has 9 aromatic carbocycles. The van der Waals surface area contributed by atoms with Crippen molar-refractivity contribution in [2.75, 3.05) is 4.90 Å². The Morgan fingerprint density at radius 3 is 1.18 bits per heavy atom. The van der Waals surface area contributed by atoms with Gasteiger partial charge in [-0.15, -0.1) is 0 Å². The van der Waals surface area contributed by atoms with E-state index in [4.69, 9.17) is 21.9 Å². The van der Waals surface area contributed by atoms with Gasteiger partial charge in [-0.2, -0.15) is 0 Å². The zero-order valence-electron chi connectivity index (χ0n) is 62.2. The van der Waals surface area contributed by atoms with Gasteiger partial charge in [0.05, 0.1) is 52.0 Å². The Morgan fingerprint density at radius 2 is 0.696 bits per heavy atom. The summed E-state index contributed by atoms with van der Waals surface area (Å²) in [5.41, 5.74) is -14.3. The van der Waals surface area contributed by atoms with Gasteiger partial charge < -0.3 is 4.90 Å². The van der Waals surface area contributed by atoms with E-state index in [1.54, 1.807) is 0 Å². The monoisotopic (exact) mass is 746 g/mol. The van der Waals surface area contributed by atoms with Gasteiger partial charge in [0.15, 0.2) is 0 Å². The van der Waals surface area contributed by atoms with Gasteiger partial charge in [-0.05, 0) is 120 Å². The Labute approximate surface area is 376 Å². The predicted octanol–water partition coefficient (Wildman–Crippen LogP) is 14.5. The zero-order chi connectivity index (χ0) is 66.6. The Bertz CT molecular complexity index is 4540. The van der Waals surface area contributed by atoms with Gasteiger partial charge in [0.2, 0.25) is 0 Å². The summed E-state index contributed by atoms with van der Waals surface area (Å²) in [6.45, 7) is 0. The molecule has 11 rings (SSSR count). The standard InChI is InChI=1S/C55H37N/c1-3-13-38(14-4-1)40-23-30-44(31-24-40)56(45-32-25-41(26-33-45)39-15-5-2-6-16-39)46-34-27-42(28-35-46)43-29-36-50-49-19-9-12-22-53(49)55(54(50)37-43)51-20-10-7-17-47(51)48-18-8-11-21-52(48)55/h1-37H/i1D,2D,3D,4D,5D,6D,7D,8D,9D,10D,11D,12D,13D,14D,15D,16D,17D,18D,19D,20D,21D,22D,23D,24D,25D,26D,29D,30D,31D,32D,33D,34D,36D,37D. The summed E-state index contributed by atoms with van der Waals surface area (Å²) < 4.78 is 308. The molecule has 0 N–H and O–H groups in total. The van der Waals surface area contributed by atoms with Crippen LogP contribution < -0.4 is 4.90 Å². The number of rotatable bonds is 6. The second-order valence-corrected chi connectivity index (χ2v) is 12.2. The van der Waals surface area contributed by atoms with E-state index < -0.39 is 306 Å². The van der Waals surface area contributed by atoms with Crippen molar-refractivity contribution in [2.24, 2.45) is 0 Å². The predicted molar refractivity (Wildman–Crippen MR) is 234 cm³/mol. The number of nitrogens with zero attached hydrogens (tertiary/aromatic N) is 1. The molecule has 262 valence electrons. The summed E-state index contributed by atoms with van der Waals surface area (Å²) in [6, 6.07) is -29.8. The smallest absolute Gasteiger partial charge is 0.0725 e. The molecule has 0 unspecified atom stereocenters. The molecule has 2 aliphatic carbocycles. The van der Waals surface area contributed by atoms with Crippen molar-refractivity contribution in [1.29, 1.82) is 0 Å². The summed E-state index contributed by atoms with van der Waals surface area (Å²) in [4.78, 5) is 0.563. The first-order valence-corrected chi connectivity index (χ1v) is 16.7. The number of fused-ring (bicyclic) bond motifs is 10. The SMILES string of the molecule is [2H]c1cc(-c2c([2H])c([2H])c3c(c2[2H])C2(c4c([2H])c([2H])c([2H])c([2H])c4-c4c([2H])c([2H])c([2H])c([2H])c42)c2c([2H])c([2H])c([2H])c([2H])c2-3)ccc1N(c1c([2H])c([2H])c(-c2c([2H])c([2H])c([2H])c([2H])c2[2H])c([2H])c1[2H])c1c([2H])c([2H])c(-c2c([2H])c([2H])c([2H])c([2H])c2[2H])c([2H])c1[2H]. The Kier molecular flexibility index (Phi) is 3.00. The van der Waals surface area contributed by atoms with E-state index >= 15 is 0 Å². The van der Waals surface area contributed by atoms with Crippen LogP contribution in [0.25, 0.3) is 55.6 Å². The molecule has 0 bridgehead atoms.